The quantitative estimate of drug-likeness (QED) is 0.742. The molecule has 0 saturated heterocycles. The van der Waals surface area contributed by atoms with Gasteiger partial charge in [0.25, 0.3) is 0 Å². The Balaban J connectivity index is 1.96. The smallest absolute Gasteiger partial charge is 0.186 e. The Labute approximate surface area is 129 Å². The average molecular weight is 308 g/mol. The monoisotopic (exact) mass is 307 g/mol. The summed E-state index contributed by atoms with van der Waals surface area (Å²) in [6, 6.07) is 11.7. The molecule has 0 amide bonds. The molecule has 0 radical (unpaired) electrons. The third-order valence-electron chi connectivity index (χ3n) is 3.10. The Kier molecular flexibility index (Phi) is 5.35. The highest BCUT2D eigenvalue weighted by atomic mass is 35.5. The van der Waals surface area contributed by atoms with E-state index in [1.165, 1.54) is 4.88 Å². The summed E-state index contributed by atoms with van der Waals surface area (Å²) in [5.41, 5.74) is 1.05. The first-order chi connectivity index (χ1) is 9.60. The second-order valence-electron chi connectivity index (χ2n) is 4.81. The zero-order chi connectivity index (χ0) is 14.5. The van der Waals surface area contributed by atoms with Crippen molar-refractivity contribution in [3.05, 3.63) is 56.7 Å². The van der Waals surface area contributed by atoms with Gasteiger partial charge in [0.1, 0.15) is 0 Å². The van der Waals surface area contributed by atoms with Gasteiger partial charge in [-0.25, -0.2) is 0 Å². The molecule has 1 aromatic heterocycles. The zero-order valence-electron chi connectivity index (χ0n) is 11.7. The number of hydrogen-bond acceptors (Lipinski definition) is 3. The van der Waals surface area contributed by atoms with Crippen LogP contribution in [-0.4, -0.2) is 24.3 Å². The third-order valence-corrected chi connectivity index (χ3v) is 4.74. The van der Waals surface area contributed by atoms with E-state index in [0.29, 0.717) is 13.1 Å². The Hall–Kier alpha value is -1.16. The van der Waals surface area contributed by atoms with Crippen molar-refractivity contribution < 1.29 is 4.79 Å². The van der Waals surface area contributed by atoms with E-state index in [0.717, 1.165) is 21.9 Å². The van der Waals surface area contributed by atoms with E-state index >= 15 is 0 Å². The fraction of sp³-hybridized carbons (Fsp3) is 0.312. The van der Waals surface area contributed by atoms with Crippen LogP contribution in [0.4, 0.5) is 0 Å². The van der Waals surface area contributed by atoms with Crippen LogP contribution in [0.5, 0.6) is 0 Å². The lowest BCUT2D eigenvalue weighted by atomic mass is 10.2. The first-order valence-electron chi connectivity index (χ1n) is 6.64. The summed E-state index contributed by atoms with van der Waals surface area (Å²) in [6.45, 7) is 3.19. The largest absolute Gasteiger partial charge is 0.294 e. The molecule has 2 aromatic rings. The van der Waals surface area contributed by atoms with Gasteiger partial charge in [-0.15, -0.1) is 11.3 Å². The summed E-state index contributed by atoms with van der Waals surface area (Å²) >= 11 is 7.72. The number of benzene rings is 1. The normalized spacial score (nSPS) is 11.0. The highest BCUT2D eigenvalue weighted by Crippen LogP contribution is 2.19. The second-order valence-corrected chi connectivity index (χ2v) is 6.38. The minimum Gasteiger partial charge on any atom is -0.294 e. The van der Waals surface area contributed by atoms with Gasteiger partial charge in [-0.3, -0.25) is 9.69 Å². The molecule has 0 aliphatic heterocycles. The number of ketones is 1. The molecular formula is C16H18ClNOS. The molecule has 0 fully saturated rings. The Morgan fingerprint density at radius 1 is 1.25 bits per heavy atom. The van der Waals surface area contributed by atoms with Crippen LogP contribution >= 0.6 is 22.9 Å². The summed E-state index contributed by atoms with van der Waals surface area (Å²) in [4.78, 5) is 16.3. The van der Waals surface area contributed by atoms with E-state index < -0.39 is 0 Å². The number of likely N-dealkylation sites (N-methyl/N-ethyl adjacent to an activating group) is 1. The van der Waals surface area contributed by atoms with Gasteiger partial charge >= 0.3 is 0 Å². The van der Waals surface area contributed by atoms with Crippen molar-refractivity contribution in [3.8, 4) is 0 Å². The SMILES string of the molecule is CCc1ccc(C(=O)CN(C)Cc2ccccc2Cl)s1. The molecule has 2 rings (SSSR count). The molecule has 0 unspecified atom stereocenters. The number of carbonyl (C=O) groups excluding carboxylic acids is 1. The lowest BCUT2D eigenvalue weighted by Crippen LogP contribution is -2.25. The van der Waals surface area contributed by atoms with E-state index in [1.807, 2.05) is 48.3 Å². The Morgan fingerprint density at radius 2 is 2.00 bits per heavy atom. The molecule has 20 heavy (non-hydrogen) atoms. The number of carbonyl (C=O) groups is 1. The van der Waals surface area contributed by atoms with Gasteiger partial charge in [0.05, 0.1) is 11.4 Å². The van der Waals surface area contributed by atoms with Crippen LogP contribution in [0.3, 0.4) is 0 Å². The van der Waals surface area contributed by atoms with Crippen LogP contribution in [0, 0.1) is 0 Å². The van der Waals surface area contributed by atoms with Crippen LogP contribution in [0.25, 0.3) is 0 Å². The van der Waals surface area contributed by atoms with Crippen LogP contribution in [-0.2, 0) is 13.0 Å². The van der Waals surface area contributed by atoms with Crippen molar-refractivity contribution >= 4 is 28.7 Å². The molecule has 0 atom stereocenters. The lowest BCUT2D eigenvalue weighted by molar-refractivity contribution is 0.0947. The number of rotatable bonds is 6. The van der Waals surface area contributed by atoms with Gasteiger partial charge in [0.15, 0.2) is 5.78 Å². The zero-order valence-corrected chi connectivity index (χ0v) is 13.3. The molecule has 2 nitrogen and oxygen atoms in total. The van der Waals surface area contributed by atoms with Crippen molar-refractivity contribution in [3.63, 3.8) is 0 Å². The van der Waals surface area contributed by atoms with E-state index in [4.69, 9.17) is 11.6 Å². The second kappa shape index (κ2) is 7.02. The van der Waals surface area contributed by atoms with Gasteiger partial charge in [-0.1, -0.05) is 36.7 Å². The highest BCUT2D eigenvalue weighted by Gasteiger charge is 2.12. The molecule has 0 saturated carbocycles. The summed E-state index contributed by atoms with van der Waals surface area (Å²) < 4.78 is 0. The topological polar surface area (TPSA) is 20.3 Å². The Morgan fingerprint density at radius 3 is 2.65 bits per heavy atom. The maximum absolute atomic E-state index is 12.2. The van der Waals surface area contributed by atoms with Gasteiger partial charge < -0.3 is 0 Å². The minimum absolute atomic E-state index is 0.171. The number of Topliss-reactive ketones (excluding diaryl/α,β-unsaturated/α-hetero) is 1. The van der Waals surface area contributed by atoms with E-state index in [-0.39, 0.29) is 5.78 Å². The molecule has 106 valence electrons. The molecule has 0 aliphatic rings. The van der Waals surface area contributed by atoms with Crippen LogP contribution in [0.2, 0.25) is 5.02 Å². The summed E-state index contributed by atoms with van der Waals surface area (Å²) in [5.74, 6) is 0.171. The van der Waals surface area contributed by atoms with Gasteiger partial charge in [0, 0.05) is 16.4 Å². The number of hydrogen-bond donors (Lipinski definition) is 0. The number of thiophene rings is 1. The molecule has 1 heterocycles. The van der Waals surface area contributed by atoms with Crippen molar-refractivity contribution in [1.29, 1.82) is 0 Å². The fourth-order valence-electron chi connectivity index (χ4n) is 2.01. The van der Waals surface area contributed by atoms with Crippen molar-refractivity contribution in [1.82, 2.24) is 4.90 Å². The maximum Gasteiger partial charge on any atom is 0.186 e. The first kappa shape index (κ1) is 15.2. The molecule has 0 spiro atoms. The molecule has 0 bridgehead atoms. The minimum atomic E-state index is 0.171. The average Bonchev–Trinajstić information content (AvgIpc) is 2.90. The third kappa shape index (κ3) is 3.92. The predicted octanol–water partition coefficient (Wildman–Crippen LogP) is 4.28. The maximum atomic E-state index is 12.2. The standard InChI is InChI=1S/C16H18ClNOS/c1-3-13-8-9-16(20-13)15(19)11-18(2)10-12-6-4-5-7-14(12)17/h4-9H,3,10-11H2,1-2H3. The first-order valence-corrected chi connectivity index (χ1v) is 7.83. The lowest BCUT2D eigenvalue weighted by Gasteiger charge is -2.16. The van der Waals surface area contributed by atoms with E-state index in [9.17, 15) is 4.79 Å². The highest BCUT2D eigenvalue weighted by molar-refractivity contribution is 7.14. The molecule has 0 aliphatic carbocycles. The van der Waals surface area contributed by atoms with Gasteiger partial charge in [-0.05, 0) is 37.2 Å². The number of aryl methyl sites for hydroxylation is 1. The molecule has 4 heteroatoms. The van der Waals surface area contributed by atoms with Gasteiger partial charge in [-0.2, -0.15) is 0 Å². The van der Waals surface area contributed by atoms with Crippen LogP contribution < -0.4 is 0 Å². The fourth-order valence-corrected chi connectivity index (χ4v) is 3.09. The van der Waals surface area contributed by atoms with Gasteiger partial charge in [0.2, 0.25) is 0 Å². The summed E-state index contributed by atoms with van der Waals surface area (Å²) in [7, 11) is 1.94. The Bertz CT molecular complexity index is 594. The van der Waals surface area contributed by atoms with Crippen molar-refractivity contribution in [2.75, 3.05) is 13.6 Å². The molecule has 1 aromatic carbocycles. The number of nitrogens with zero attached hydrogens (tertiary/aromatic N) is 1. The number of halogens is 1. The van der Waals surface area contributed by atoms with Crippen molar-refractivity contribution in [2.45, 2.75) is 19.9 Å². The molecule has 0 N–H and O–H groups in total. The van der Waals surface area contributed by atoms with E-state index in [2.05, 4.69) is 6.92 Å². The predicted molar refractivity (Wildman–Crippen MR) is 85.8 cm³/mol. The summed E-state index contributed by atoms with van der Waals surface area (Å²) in [5, 5.41) is 0.746. The van der Waals surface area contributed by atoms with Crippen LogP contribution in [0.15, 0.2) is 36.4 Å². The van der Waals surface area contributed by atoms with E-state index in [1.54, 1.807) is 11.3 Å². The van der Waals surface area contributed by atoms with Crippen molar-refractivity contribution in [2.24, 2.45) is 0 Å². The molecular weight excluding hydrogens is 290 g/mol. The van der Waals surface area contributed by atoms with Crippen LogP contribution in [0.1, 0.15) is 27.0 Å². The summed E-state index contributed by atoms with van der Waals surface area (Å²) in [6.07, 6.45) is 0.980.